The Kier molecular flexibility index (Phi) is 15.5. The molecule has 0 radical (unpaired) electrons. The van der Waals surface area contributed by atoms with Crippen molar-refractivity contribution in [2.45, 2.75) is 112 Å². The molecule has 274 valence electrons. The highest BCUT2D eigenvalue weighted by Gasteiger charge is 2.27. The number of nitriles is 2. The van der Waals surface area contributed by atoms with Crippen molar-refractivity contribution in [1.82, 2.24) is 9.80 Å². The molecule has 0 bridgehead atoms. The second kappa shape index (κ2) is 18.4. The summed E-state index contributed by atoms with van der Waals surface area (Å²) >= 11 is 3.31. The number of rotatable bonds is 10. The van der Waals surface area contributed by atoms with Gasteiger partial charge in [0.05, 0.1) is 29.9 Å². The third-order valence-corrected chi connectivity index (χ3v) is 12.4. The number of amides is 2. The zero-order valence-electron chi connectivity index (χ0n) is 31.9. The Labute approximate surface area is 314 Å². The highest BCUT2D eigenvalue weighted by molar-refractivity contribution is 9.10. The Bertz CT molecular complexity index is 1750. The third kappa shape index (κ3) is 14.2. The molecule has 0 aliphatic heterocycles. The van der Waals surface area contributed by atoms with E-state index in [-0.39, 0.29) is 12.6 Å². The smallest absolute Gasteiger partial charge is 0.410 e. The molecule has 3 aromatic rings. The molecule has 0 atom stereocenters. The number of carbonyl (C=O) groups excluding carboxylic acids is 1. The highest BCUT2D eigenvalue weighted by Crippen LogP contribution is 2.27. The molecule has 0 heterocycles. The van der Waals surface area contributed by atoms with Crippen LogP contribution in [0.2, 0.25) is 18.6 Å². The molecule has 0 aromatic heterocycles. The number of hydrogen-bond acceptors (Lipinski definition) is 6. The van der Waals surface area contributed by atoms with Gasteiger partial charge in [0.2, 0.25) is 0 Å². The van der Waals surface area contributed by atoms with Crippen molar-refractivity contribution in [3.8, 4) is 23.3 Å². The molecule has 0 fully saturated rings. The van der Waals surface area contributed by atoms with Gasteiger partial charge in [-0.05, 0) is 137 Å². The minimum Gasteiger partial charge on any atom is -0.465 e. The van der Waals surface area contributed by atoms with Crippen LogP contribution in [-0.4, -0.2) is 53.1 Å². The van der Waals surface area contributed by atoms with Crippen molar-refractivity contribution in [2.75, 3.05) is 6.54 Å². The Morgan fingerprint density at radius 2 is 1.43 bits per heavy atom. The molecule has 3 aromatic carbocycles. The average Bonchev–Trinajstić information content (AvgIpc) is 3.03. The van der Waals surface area contributed by atoms with E-state index in [0.29, 0.717) is 36.4 Å². The topological polar surface area (TPSA) is 127 Å². The number of hydrogen-bond donors (Lipinski definition) is 1. The summed E-state index contributed by atoms with van der Waals surface area (Å²) in [5, 5.41) is 27.7. The molecule has 0 unspecified atom stereocenters. The largest absolute Gasteiger partial charge is 0.465 e. The number of carboxylic acid groups (broad SMARTS) is 1. The first-order valence-electron chi connectivity index (χ1n) is 17.0. The van der Waals surface area contributed by atoms with E-state index in [9.17, 15) is 20.0 Å². The molecule has 2 amide bonds. The monoisotopic (exact) mass is 776 g/mol. The number of carbonyl (C=O) groups is 2. The second-order valence-corrected chi connectivity index (χ2v) is 20.8. The quantitative estimate of drug-likeness (QED) is 0.203. The summed E-state index contributed by atoms with van der Waals surface area (Å²) in [7, 11) is -1.73. The summed E-state index contributed by atoms with van der Waals surface area (Å²) in [6, 6.07) is 23.6. The molecule has 0 saturated carbocycles. The molecule has 0 aliphatic rings. The molecule has 0 aliphatic carbocycles. The van der Waals surface area contributed by atoms with Gasteiger partial charge in [0.15, 0.2) is 8.32 Å². The molecule has 0 spiro atoms. The Hall–Kier alpha value is -4.16. The summed E-state index contributed by atoms with van der Waals surface area (Å²) < 4.78 is 12.6. The number of halogens is 1. The lowest BCUT2D eigenvalue weighted by molar-refractivity contribution is 0.0244. The van der Waals surface area contributed by atoms with E-state index in [1.807, 2.05) is 84.9 Å². The lowest BCUT2D eigenvalue weighted by Gasteiger charge is -2.33. The fourth-order valence-corrected chi connectivity index (χ4v) is 6.14. The van der Waals surface area contributed by atoms with Crippen LogP contribution in [0.15, 0.2) is 65.1 Å². The molecule has 11 heteroatoms. The summed E-state index contributed by atoms with van der Waals surface area (Å²) in [5.41, 5.74) is 5.36. The van der Waals surface area contributed by atoms with E-state index in [4.69, 9.17) is 14.4 Å². The Balaban J connectivity index is 0.000000422. The van der Waals surface area contributed by atoms with Crippen LogP contribution in [0.3, 0.4) is 0 Å². The molecular weight excluding hydrogens is 724 g/mol. The van der Waals surface area contributed by atoms with Crippen LogP contribution in [0.4, 0.5) is 9.59 Å². The van der Waals surface area contributed by atoms with Gasteiger partial charge in [-0.15, -0.1) is 0 Å². The van der Waals surface area contributed by atoms with Gasteiger partial charge in [-0.1, -0.05) is 48.0 Å². The fourth-order valence-electron chi connectivity index (χ4n) is 4.72. The summed E-state index contributed by atoms with van der Waals surface area (Å²) in [4.78, 5) is 26.8. The maximum atomic E-state index is 12.6. The van der Waals surface area contributed by atoms with Crippen LogP contribution >= 0.6 is 15.9 Å². The number of nitrogens with zero attached hydrogens (tertiary/aromatic N) is 4. The predicted molar refractivity (Wildman–Crippen MR) is 208 cm³/mol. The Morgan fingerprint density at radius 3 is 1.94 bits per heavy atom. The molecule has 0 saturated heterocycles. The molecule has 9 nitrogen and oxygen atoms in total. The van der Waals surface area contributed by atoms with Crippen molar-refractivity contribution >= 4 is 36.4 Å². The summed E-state index contributed by atoms with van der Waals surface area (Å²) in [6.45, 7) is 23.7. The van der Waals surface area contributed by atoms with Gasteiger partial charge in [0.1, 0.15) is 5.60 Å². The van der Waals surface area contributed by atoms with Crippen LogP contribution in [0.5, 0.6) is 0 Å². The van der Waals surface area contributed by atoms with Crippen molar-refractivity contribution < 1.29 is 23.9 Å². The van der Waals surface area contributed by atoms with Crippen LogP contribution < -0.4 is 0 Å². The van der Waals surface area contributed by atoms with Crippen molar-refractivity contribution in [3.05, 3.63) is 93.0 Å². The molecule has 51 heavy (non-hydrogen) atoms. The SMILES string of the molecule is CC(C)(C)N(Cc1cc(Br)cc(C#N)c1)C(=O)O.CCN(Cc1cc(C#N)cc(-c2cccc(CO[Si](C)(C)C(C)C)c2)c1)C(=O)OC(C)(C)C. The summed E-state index contributed by atoms with van der Waals surface area (Å²) in [5.74, 6) is 0. The minimum absolute atomic E-state index is 0.257. The van der Waals surface area contributed by atoms with Gasteiger partial charge in [-0.2, -0.15) is 10.5 Å². The predicted octanol–water partition coefficient (Wildman–Crippen LogP) is 10.7. The first-order valence-corrected chi connectivity index (χ1v) is 20.8. The molecule has 1 N–H and O–H groups in total. The first kappa shape index (κ1) is 43.0. The van der Waals surface area contributed by atoms with Gasteiger partial charge >= 0.3 is 12.2 Å². The van der Waals surface area contributed by atoms with Gasteiger partial charge in [0.25, 0.3) is 0 Å². The standard InChI is InChI=1S/C27H38N2O3Si.C13H15BrN2O2/c1-9-29(26(30)32-27(4,5)6)18-23-13-22(17-28)15-25(16-23)24-12-10-11-21(14-24)19-31-33(7,8)20(2)3;1-13(2,3)16(12(17)18)8-10-4-9(7-15)5-11(14)6-10/h10-16,20H,9,18-19H2,1-8H3;4-6H,8H2,1-3H3,(H,17,18). The second-order valence-electron chi connectivity index (χ2n) is 15.3. The van der Waals surface area contributed by atoms with Gasteiger partial charge in [-0.3, -0.25) is 4.90 Å². The maximum Gasteiger partial charge on any atom is 0.410 e. The van der Waals surface area contributed by atoms with E-state index in [1.165, 1.54) is 4.90 Å². The van der Waals surface area contributed by atoms with Crippen LogP contribution in [0.1, 0.15) is 90.1 Å². The molecule has 3 rings (SSSR count). The fraction of sp³-hybridized carbons (Fsp3) is 0.450. The third-order valence-electron chi connectivity index (χ3n) is 8.26. The average molecular weight is 778 g/mol. The first-order chi connectivity index (χ1) is 23.6. The van der Waals surface area contributed by atoms with Crippen molar-refractivity contribution in [1.29, 1.82) is 10.5 Å². The van der Waals surface area contributed by atoms with Gasteiger partial charge < -0.3 is 19.2 Å². The van der Waals surface area contributed by atoms with E-state index in [0.717, 1.165) is 32.3 Å². The van der Waals surface area contributed by atoms with E-state index in [2.05, 4.69) is 67.1 Å². The zero-order chi connectivity index (χ0) is 38.7. The molecular formula is C40H53BrN4O5Si. The normalized spacial score (nSPS) is 11.5. The van der Waals surface area contributed by atoms with Crippen molar-refractivity contribution in [3.63, 3.8) is 0 Å². The Morgan fingerprint density at radius 1 is 0.863 bits per heavy atom. The van der Waals surface area contributed by atoms with Gasteiger partial charge in [0, 0.05) is 29.6 Å². The summed E-state index contributed by atoms with van der Waals surface area (Å²) in [6.07, 6.45) is -1.33. The highest BCUT2D eigenvalue weighted by atomic mass is 79.9. The van der Waals surface area contributed by atoms with E-state index >= 15 is 0 Å². The zero-order valence-corrected chi connectivity index (χ0v) is 34.5. The lowest BCUT2D eigenvalue weighted by Crippen LogP contribution is -2.44. The number of benzene rings is 3. The van der Waals surface area contributed by atoms with Crippen molar-refractivity contribution in [2.24, 2.45) is 0 Å². The maximum absolute atomic E-state index is 12.6. The minimum atomic E-state index is -1.73. The van der Waals surface area contributed by atoms with E-state index in [1.54, 1.807) is 17.0 Å². The van der Waals surface area contributed by atoms with Crippen LogP contribution in [0, 0.1) is 22.7 Å². The van der Waals surface area contributed by atoms with Crippen LogP contribution in [0.25, 0.3) is 11.1 Å². The van der Waals surface area contributed by atoms with Gasteiger partial charge in [-0.25, -0.2) is 9.59 Å². The van der Waals surface area contributed by atoms with E-state index < -0.39 is 25.6 Å². The lowest BCUT2D eigenvalue weighted by atomic mass is 9.98. The number of ether oxygens (including phenoxy) is 1. The van der Waals surface area contributed by atoms with Crippen LogP contribution in [-0.2, 0) is 28.9 Å².